The van der Waals surface area contributed by atoms with Gasteiger partial charge in [0.15, 0.2) is 0 Å². The third-order valence-electron chi connectivity index (χ3n) is 6.01. The molecule has 132 valence electrons. The van der Waals surface area contributed by atoms with Crippen LogP contribution in [0.25, 0.3) is 0 Å². The van der Waals surface area contributed by atoms with Crippen molar-refractivity contribution in [3.05, 3.63) is 23.9 Å². The highest BCUT2D eigenvalue weighted by molar-refractivity contribution is 5.26. The Bertz CT molecular complexity index is 553. The van der Waals surface area contributed by atoms with Crippen LogP contribution in [-0.4, -0.2) is 66.8 Å². The molecule has 0 aromatic carbocycles. The van der Waals surface area contributed by atoms with Crippen LogP contribution in [0.15, 0.2) is 18.3 Å². The van der Waals surface area contributed by atoms with Gasteiger partial charge >= 0.3 is 0 Å². The second kappa shape index (κ2) is 6.98. The molecule has 5 nitrogen and oxygen atoms in total. The summed E-state index contributed by atoms with van der Waals surface area (Å²) in [6.45, 7) is 7.80. The van der Waals surface area contributed by atoms with Crippen molar-refractivity contribution in [3.63, 3.8) is 0 Å². The Hall–Kier alpha value is -1.17. The second-order valence-corrected chi connectivity index (χ2v) is 7.55. The fraction of sp³-hybridized carbons (Fsp3) is 0.737. The van der Waals surface area contributed by atoms with Gasteiger partial charge in [-0.1, -0.05) is 6.07 Å². The average molecular weight is 331 g/mol. The predicted octanol–water partition coefficient (Wildman–Crippen LogP) is 2.17. The molecule has 3 fully saturated rings. The zero-order valence-electron chi connectivity index (χ0n) is 14.7. The molecule has 3 aliphatic rings. The lowest BCUT2D eigenvalue weighted by molar-refractivity contribution is -0.137. The van der Waals surface area contributed by atoms with Crippen LogP contribution in [-0.2, 0) is 11.3 Å². The zero-order chi connectivity index (χ0) is 16.4. The van der Waals surface area contributed by atoms with Gasteiger partial charge in [-0.15, -0.1) is 0 Å². The first-order chi connectivity index (χ1) is 11.8. The summed E-state index contributed by atoms with van der Waals surface area (Å²) in [6, 6.07) is 4.09. The molecule has 3 saturated heterocycles. The van der Waals surface area contributed by atoms with Crippen molar-refractivity contribution in [2.75, 3.05) is 46.4 Å². The highest BCUT2D eigenvalue weighted by atomic mass is 16.5. The molecule has 0 unspecified atom stereocenters. The fourth-order valence-corrected chi connectivity index (χ4v) is 4.68. The SMILES string of the molecule is COc1ncccc1CN1CC2(C1)OCC[C@H]2CCN1CCCC1. The zero-order valence-corrected chi connectivity index (χ0v) is 14.7. The maximum absolute atomic E-state index is 6.22. The third kappa shape index (κ3) is 3.17. The van der Waals surface area contributed by atoms with Crippen LogP contribution >= 0.6 is 0 Å². The molecule has 4 heterocycles. The van der Waals surface area contributed by atoms with E-state index < -0.39 is 0 Å². The molecule has 1 aromatic rings. The van der Waals surface area contributed by atoms with E-state index in [9.17, 15) is 0 Å². The Morgan fingerprint density at radius 2 is 2.12 bits per heavy atom. The highest BCUT2D eigenvalue weighted by Gasteiger charge is 2.52. The van der Waals surface area contributed by atoms with Gasteiger partial charge in [-0.25, -0.2) is 4.98 Å². The van der Waals surface area contributed by atoms with Gasteiger partial charge in [-0.05, 0) is 57.3 Å². The molecular weight excluding hydrogens is 302 g/mol. The number of rotatable bonds is 6. The van der Waals surface area contributed by atoms with Crippen molar-refractivity contribution in [2.24, 2.45) is 5.92 Å². The van der Waals surface area contributed by atoms with Crippen molar-refractivity contribution in [2.45, 2.75) is 37.8 Å². The van der Waals surface area contributed by atoms with Crippen LogP contribution in [0.2, 0.25) is 0 Å². The summed E-state index contributed by atoms with van der Waals surface area (Å²) in [4.78, 5) is 9.39. The lowest BCUT2D eigenvalue weighted by Crippen LogP contribution is -2.64. The number of methoxy groups -OCH3 is 1. The lowest BCUT2D eigenvalue weighted by atomic mass is 9.78. The number of aromatic nitrogens is 1. The minimum absolute atomic E-state index is 0.120. The van der Waals surface area contributed by atoms with Gasteiger partial charge in [-0.3, -0.25) is 4.90 Å². The summed E-state index contributed by atoms with van der Waals surface area (Å²) in [5.41, 5.74) is 1.29. The van der Waals surface area contributed by atoms with Crippen LogP contribution in [0.1, 0.15) is 31.2 Å². The molecule has 0 bridgehead atoms. The monoisotopic (exact) mass is 331 g/mol. The van der Waals surface area contributed by atoms with E-state index in [0.29, 0.717) is 0 Å². The molecule has 1 atom stereocenters. The first-order valence-corrected chi connectivity index (χ1v) is 9.36. The van der Waals surface area contributed by atoms with E-state index in [1.54, 1.807) is 13.3 Å². The smallest absolute Gasteiger partial charge is 0.217 e. The fourth-order valence-electron chi connectivity index (χ4n) is 4.68. The Kier molecular flexibility index (Phi) is 4.74. The molecule has 24 heavy (non-hydrogen) atoms. The molecular formula is C19H29N3O2. The summed E-state index contributed by atoms with van der Waals surface area (Å²) in [6.07, 6.45) is 7.08. The van der Waals surface area contributed by atoms with Gasteiger partial charge in [0, 0.05) is 38.0 Å². The molecule has 0 amide bonds. The van der Waals surface area contributed by atoms with E-state index in [2.05, 4.69) is 20.9 Å². The molecule has 1 aromatic heterocycles. The predicted molar refractivity (Wildman–Crippen MR) is 93.1 cm³/mol. The summed E-state index contributed by atoms with van der Waals surface area (Å²) in [5.74, 6) is 1.47. The summed E-state index contributed by atoms with van der Waals surface area (Å²) >= 11 is 0. The molecule has 4 rings (SSSR count). The number of pyridine rings is 1. The van der Waals surface area contributed by atoms with Crippen LogP contribution < -0.4 is 4.74 Å². The first kappa shape index (κ1) is 16.3. The molecule has 3 aliphatic heterocycles. The van der Waals surface area contributed by atoms with Crippen molar-refractivity contribution < 1.29 is 9.47 Å². The van der Waals surface area contributed by atoms with Crippen LogP contribution in [0.5, 0.6) is 5.88 Å². The van der Waals surface area contributed by atoms with Crippen LogP contribution in [0.3, 0.4) is 0 Å². The minimum atomic E-state index is 0.120. The average Bonchev–Trinajstić information content (AvgIpc) is 3.22. The largest absolute Gasteiger partial charge is 0.481 e. The summed E-state index contributed by atoms with van der Waals surface area (Å²) in [7, 11) is 1.69. The number of hydrogen-bond acceptors (Lipinski definition) is 5. The van der Waals surface area contributed by atoms with Crippen molar-refractivity contribution >= 4 is 0 Å². The van der Waals surface area contributed by atoms with Gasteiger partial charge in [0.05, 0.1) is 12.7 Å². The van der Waals surface area contributed by atoms with E-state index >= 15 is 0 Å². The standard InChI is InChI=1S/C19H29N3O2/c1-23-18-16(5-4-8-20-18)13-22-14-19(15-22)17(7-12-24-19)6-11-21-9-2-3-10-21/h4-5,8,17H,2-3,6-7,9-15H2,1H3/t17-/m1/s1. The van der Waals surface area contributed by atoms with Gasteiger partial charge in [-0.2, -0.15) is 0 Å². The molecule has 0 aliphatic carbocycles. The second-order valence-electron chi connectivity index (χ2n) is 7.55. The van der Waals surface area contributed by atoms with E-state index in [1.165, 1.54) is 50.9 Å². The Balaban J connectivity index is 1.31. The maximum Gasteiger partial charge on any atom is 0.217 e. The topological polar surface area (TPSA) is 37.8 Å². The molecule has 5 heteroatoms. The summed E-state index contributed by atoms with van der Waals surface area (Å²) in [5, 5.41) is 0. The Morgan fingerprint density at radius 1 is 1.29 bits per heavy atom. The summed E-state index contributed by atoms with van der Waals surface area (Å²) < 4.78 is 11.6. The van der Waals surface area contributed by atoms with Gasteiger partial charge < -0.3 is 14.4 Å². The number of nitrogens with zero attached hydrogens (tertiary/aromatic N) is 3. The number of hydrogen-bond donors (Lipinski definition) is 0. The first-order valence-electron chi connectivity index (χ1n) is 9.36. The van der Waals surface area contributed by atoms with Crippen molar-refractivity contribution in [1.29, 1.82) is 0 Å². The number of ether oxygens (including phenoxy) is 2. The maximum atomic E-state index is 6.22. The van der Waals surface area contributed by atoms with Gasteiger partial charge in [0.1, 0.15) is 0 Å². The quantitative estimate of drug-likeness (QED) is 0.799. The van der Waals surface area contributed by atoms with E-state index in [-0.39, 0.29) is 5.60 Å². The van der Waals surface area contributed by atoms with Crippen LogP contribution in [0.4, 0.5) is 0 Å². The van der Waals surface area contributed by atoms with E-state index in [0.717, 1.165) is 38.0 Å². The highest BCUT2D eigenvalue weighted by Crippen LogP contribution is 2.42. The van der Waals surface area contributed by atoms with E-state index in [1.807, 2.05) is 6.07 Å². The molecule has 0 saturated carbocycles. The molecule has 0 radical (unpaired) electrons. The molecule has 0 N–H and O–H groups in total. The minimum Gasteiger partial charge on any atom is -0.481 e. The third-order valence-corrected chi connectivity index (χ3v) is 6.01. The van der Waals surface area contributed by atoms with Gasteiger partial charge in [0.2, 0.25) is 5.88 Å². The van der Waals surface area contributed by atoms with Crippen molar-refractivity contribution in [3.8, 4) is 5.88 Å². The molecule has 1 spiro atoms. The number of likely N-dealkylation sites (tertiary alicyclic amines) is 2. The lowest BCUT2D eigenvalue weighted by Gasteiger charge is -2.50. The van der Waals surface area contributed by atoms with Crippen LogP contribution in [0, 0.1) is 5.92 Å². The van der Waals surface area contributed by atoms with E-state index in [4.69, 9.17) is 9.47 Å². The van der Waals surface area contributed by atoms with Gasteiger partial charge in [0.25, 0.3) is 0 Å². The Labute approximate surface area is 144 Å². The Morgan fingerprint density at radius 3 is 2.92 bits per heavy atom. The van der Waals surface area contributed by atoms with Crippen molar-refractivity contribution in [1.82, 2.24) is 14.8 Å². The normalized spacial score (nSPS) is 26.8.